The fraction of sp³-hybridized carbons (Fsp3) is 0.0952. The first-order valence-electron chi connectivity index (χ1n) is 8.91. The second-order valence-corrected chi connectivity index (χ2v) is 10.2. The zero-order valence-electron chi connectivity index (χ0n) is 15.1. The number of thioether (sulfide) groups is 1. The monoisotopic (exact) mass is 486 g/mol. The third-order valence-corrected chi connectivity index (χ3v) is 7.89. The molecule has 0 amide bonds. The van der Waals surface area contributed by atoms with Gasteiger partial charge >= 0.3 is 0 Å². The maximum absolute atomic E-state index is 13.2. The number of halogens is 1. The molecule has 3 aromatic carbocycles. The van der Waals surface area contributed by atoms with Gasteiger partial charge in [0.1, 0.15) is 5.75 Å². The molecule has 2 heterocycles. The molecule has 5 nitrogen and oxygen atoms in total. The molecule has 0 radical (unpaired) electrons. The minimum atomic E-state index is -3.80. The van der Waals surface area contributed by atoms with E-state index < -0.39 is 10.0 Å². The van der Waals surface area contributed by atoms with Crippen LogP contribution < -0.4 is 9.46 Å². The fourth-order valence-electron chi connectivity index (χ4n) is 3.46. The van der Waals surface area contributed by atoms with E-state index >= 15 is 0 Å². The number of aromatic nitrogens is 1. The Kier molecular flexibility index (Phi) is 4.64. The highest BCUT2D eigenvalue weighted by atomic mass is 79.9. The summed E-state index contributed by atoms with van der Waals surface area (Å²) in [6, 6.07) is 16.4. The van der Waals surface area contributed by atoms with Crippen molar-refractivity contribution in [3.05, 3.63) is 65.3 Å². The van der Waals surface area contributed by atoms with Crippen LogP contribution in [0, 0.1) is 0 Å². The number of hydrogen-bond donors (Lipinski definition) is 1. The number of rotatable bonds is 3. The Hall–Kier alpha value is -2.29. The molecule has 0 atom stereocenters. The molecule has 0 bridgehead atoms. The lowest BCUT2D eigenvalue weighted by Gasteiger charge is -2.19. The summed E-state index contributed by atoms with van der Waals surface area (Å²) in [5.41, 5.74) is 1.20. The standard InChI is InChI=1S/C21H15BrN2O3S2/c22-17-5-1-3-13-11-14(12-23-20(13)17)24-29(25,26)19-6-2-4-16-15(19)7-8-18-21(16)28-10-9-27-18/h1-8,11-12,24H,9-10H2. The summed E-state index contributed by atoms with van der Waals surface area (Å²) in [7, 11) is -3.80. The van der Waals surface area contributed by atoms with Crippen molar-refractivity contribution in [1.29, 1.82) is 0 Å². The quantitative estimate of drug-likeness (QED) is 0.417. The van der Waals surface area contributed by atoms with Crippen LogP contribution in [-0.2, 0) is 10.0 Å². The smallest absolute Gasteiger partial charge is 0.262 e. The van der Waals surface area contributed by atoms with Crippen LogP contribution in [0.1, 0.15) is 0 Å². The van der Waals surface area contributed by atoms with Gasteiger partial charge in [0.05, 0.1) is 33.8 Å². The van der Waals surface area contributed by atoms with E-state index in [1.807, 2.05) is 36.4 Å². The summed E-state index contributed by atoms with van der Waals surface area (Å²) in [6.07, 6.45) is 1.53. The van der Waals surface area contributed by atoms with E-state index in [0.717, 1.165) is 37.2 Å². The predicted octanol–water partition coefficient (Wildman–Crippen LogP) is 5.44. The third-order valence-electron chi connectivity index (χ3n) is 4.73. The first-order valence-corrected chi connectivity index (χ1v) is 12.2. The van der Waals surface area contributed by atoms with Crippen LogP contribution in [0.4, 0.5) is 5.69 Å². The number of benzene rings is 3. The van der Waals surface area contributed by atoms with Crippen LogP contribution >= 0.6 is 27.7 Å². The van der Waals surface area contributed by atoms with E-state index in [1.165, 1.54) is 6.20 Å². The lowest BCUT2D eigenvalue weighted by Crippen LogP contribution is -2.14. The average molecular weight is 487 g/mol. The number of nitrogens with zero attached hydrogens (tertiary/aromatic N) is 1. The van der Waals surface area contributed by atoms with Crippen LogP contribution in [0.3, 0.4) is 0 Å². The van der Waals surface area contributed by atoms with E-state index in [-0.39, 0.29) is 4.90 Å². The van der Waals surface area contributed by atoms with E-state index in [1.54, 1.807) is 30.0 Å². The van der Waals surface area contributed by atoms with Gasteiger partial charge in [-0.2, -0.15) is 0 Å². The lowest BCUT2D eigenvalue weighted by atomic mass is 10.1. The van der Waals surface area contributed by atoms with Crippen LogP contribution in [-0.4, -0.2) is 25.8 Å². The number of nitrogens with one attached hydrogen (secondary N) is 1. The minimum Gasteiger partial charge on any atom is -0.492 e. The Balaban J connectivity index is 1.59. The van der Waals surface area contributed by atoms with Gasteiger partial charge < -0.3 is 4.74 Å². The Morgan fingerprint density at radius 1 is 1.07 bits per heavy atom. The van der Waals surface area contributed by atoms with Gasteiger partial charge in [-0.15, -0.1) is 11.8 Å². The van der Waals surface area contributed by atoms with Gasteiger partial charge in [-0.1, -0.05) is 24.3 Å². The maximum Gasteiger partial charge on any atom is 0.262 e. The van der Waals surface area contributed by atoms with E-state index in [9.17, 15) is 8.42 Å². The number of ether oxygens (including phenoxy) is 1. The van der Waals surface area contributed by atoms with Crippen molar-refractivity contribution in [2.75, 3.05) is 17.1 Å². The van der Waals surface area contributed by atoms with E-state index in [0.29, 0.717) is 17.7 Å². The summed E-state index contributed by atoms with van der Waals surface area (Å²) in [5.74, 6) is 1.65. The highest BCUT2D eigenvalue weighted by molar-refractivity contribution is 9.10. The molecule has 5 rings (SSSR count). The zero-order chi connectivity index (χ0) is 20.0. The molecular weight excluding hydrogens is 472 g/mol. The first-order chi connectivity index (χ1) is 14.0. The summed E-state index contributed by atoms with van der Waals surface area (Å²) >= 11 is 5.15. The Bertz CT molecular complexity index is 1370. The molecule has 1 N–H and O–H groups in total. The highest BCUT2D eigenvalue weighted by Gasteiger charge is 2.21. The molecule has 0 spiro atoms. The second-order valence-electron chi connectivity index (χ2n) is 6.58. The Morgan fingerprint density at radius 3 is 2.83 bits per heavy atom. The van der Waals surface area contributed by atoms with Crippen molar-refractivity contribution in [2.24, 2.45) is 0 Å². The van der Waals surface area contributed by atoms with Crippen LogP contribution in [0.15, 0.2) is 75.1 Å². The van der Waals surface area contributed by atoms with Gasteiger partial charge in [0.25, 0.3) is 10.0 Å². The number of para-hydroxylation sites is 1. The van der Waals surface area contributed by atoms with Crippen molar-refractivity contribution >= 4 is 65.1 Å². The second kappa shape index (κ2) is 7.19. The molecule has 0 fully saturated rings. The van der Waals surface area contributed by atoms with Gasteiger partial charge in [-0.05, 0) is 46.3 Å². The average Bonchev–Trinajstić information content (AvgIpc) is 2.73. The highest BCUT2D eigenvalue weighted by Crippen LogP contribution is 2.41. The maximum atomic E-state index is 13.2. The summed E-state index contributed by atoms with van der Waals surface area (Å²) in [5, 5.41) is 2.41. The van der Waals surface area contributed by atoms with Crippen LogP contribution in [0.2, 0.25) is 0 Å². The summed E-state index contributed by atoms with van der Waals surface area (Å²) in [4.78, 5) is 5.61. The van der Waals surface area contributed by atoms with Gasteiger partial charge in [-0.3, -0.25) is 9.71 Å². The molecule has 1 aliphatic heterocycles. The molecular formula is C21H15BrN2O3S2. The molecule has 0 saturated carbocycles. The minimum absolute atomic E-state index is 0.235. The van der Waals surface area contributed by atoms with Crippen molar-refractivity contribution < 1.29 is 13.2 Å². The molecule has 0 saturated heterocycles. The van der Waals surface area contributed by atoms with Crippen LogP contribution in [0.25, 0.3) is 21.7 Å². The third kappa shape index (κ3) is 3.35. The van der Waals surface area contributed by atoms with Gasteiger partial charge in [0, 0.05) is 26.4 Å². The molecule has 8 heteroatoms. The Morgan fingerprint density at radius 2 is 1.93 bits per heavy atom. The lowest BCUT2D eigenvalue weighted by molar-refractivity contribution is 0.331. The zero-order valence-corrected chi connectivity index (χ0v) is 18.3. The number of sulfonamides is 1. The first kappa shape index (κ1) is 18.7. The molecule has 1 aliphatic rings. The molecule has 146 valence electrons. The Labute approximate surface area is 180 Å². The van der Waals surface area contributed by atoms with Crippen molar-refractivity contribution in [1.82, 2.24) is 4.98 Å². The number of hydrogen-bond acceptors (Lipinski definition) is 5. The largest absolute Gasteiger partial charge is 0.492 e. The molecule has 0 aliphatic carbocycles. The number of fused-ring (bicyclic) bond motifs is 4. The number of anilines is 1. The van der Waals surface area contributed by atoms with Crippen molar-refractivity contribution in [2.45, 2.75) is 9.79 Å². The van der Waals surface area contributed by atoms with Gasteiger partial charge in [-0.25, -0.2) is 8.42 Å². The SMILES string of the molecule is O=S(=O)(Nc1cnc2c(Br)cccc2c1)c1cccc2c3c(ccc12)OCCS3. The van der Waals surface area contributed by atoms with E-state index in [2.05, 4.69) is 25.6 Å². The molecule has 0 unspecified atom stereocenters. The van der Waals surface area contributed by atoms with Crippen molar-refractivity contribution in [3.63, 3.8) is 0 Å². The molecule has 29 heavy (non-hydrogen) atoms. The number of pyridine rings is 1. The topological polar surface area (TPSA) is 68.3 Å². The molecule has 1 aromatic heterocycles. The summed E-state index contributed by atoms with van der Waals surface area (Å²) < 4.78 is 35.6. The van der Waals surface area contributed by atoms with Crippen molar-refractivity contribution in [3.8, 4) is 5.75 Å². The molecule has 4 aromatic rings. The van der Waals surface area contributed by atoms with Gasteiger partial charge in [0.15, 0.2) is 0 Å². The normalized spacial score (nSPS) is 13.8. The predicted molar refractivity (Wildman–Crippen MR) is 120 cm³/mol. The summed E-state index contributed by atoms with van der Waals surface area (Å²) in [6.45, 7) is 0.661. The fourth-order valence-corrected chi connectivity index (χ4v) is 6.18. The van der Waals surface area contributed by atoms with E-state index in [4.69, 9.17) is 4.74 Å². The van der Waals surface area contributed by atoms with Gasteiger partial charge in [0.2, 0.25) is 0 Å². The van der Waals surface area contributed by atoms with Crippen LogP contribution in [0.5, 0.6) is 5.75 Å².